The minimum absolute atomic E-state index is 0.0543. The van der Waals surface area contributed by atoms with Gasteiger partial charge in [-0.15, -0.1) is 0 Å². The van der Waals surface area contributed by atoms with Crippen LogP contribution in [0.5, 0.6) is 0 Å². The lowest BCUT2D eigenvalue weighted by atomic mass is 9.86. The fourth-order valence-electron chi connectivity index (χ4n) is 1.26. The molecule has 6 heteroatoms. The molecule has 1 aromatic heterocycles. The SMILES string of the molecule is CCC(C)(CN)C(=O)NC(C)c1ncn[nH]1. The number of nitrogens with one attached hydrogen (secondary N) is 2. The van der Waals surface area contributed by atoms with Gasteiger partial charge in [-0.05, 0) is 20.3 Å². The summed E-state index contributed by atoms with van der Waals surface area (Å²) in [7, 11) is 0. The Hall–Kier alpha value is -1.43. The number of aromatic amines is 1. The molecule has 0 aliphatic heterocycles. The fraction of sp³-hybridized carbons (Fsp3) is 0.700. The lowest BCUT2D eigenvalue weighted by Gasteiger charge is -2.26. The molecule has 0 aliphatic rings. The van der Waals surface area contributed by atoms with E-state index in [1.54, 1.807) is 0 Å². The fourth-order valence-corrected chi connectivity index (χ4v) is 1.26. The average Bonchev–Trinajstić information content (AvgIpc) is 2.81. The van der Waals surface area contributed by atoms with Crippen LogP contribution in [0.1, 0.15) is 39.1 Å². The van der Waals surface area contributed by atoms with Gasteiger partial charge in [-0.25, -0.2) is 4.98 Å². The second kappa shape index (κ2) is 5.07. The van der Waals surface area contributed by atoms with E-state index in [1.807, 2.05) is 20.8 Å². The van der Waals surface area contributed by atoms with Crippen molar-refractivity contribution in [1.29, 1.82) is 0 Å². The van der Waals surface area contributed by atoms with Gasteiger partial charge in [0.1, 0.15) is 12.2 Å². The molecule has 1 heterocycles. The molecule has 2 atom stereocenters. The summed E-state index contributed by atoms with van der Waals surface area (Å²) in [5.74, 6) is 0.588. The normalized spacial score (nSPS) is 16.5. The predicted octanol–water partition coefficient (Wildman–Crippen LogP) is 0.357. The molecule has 0 fully saturated rings. The van der Waals surface area contributed by atoms with Crippen LogP contribution in [0, 0.1) is 5.41 Å². The predicted molar refractivity (Wildman–Crippen MR) is 60.4 cm³/mol. The third-order valence-corrected chi connectivity index (χ3v) is 2.97. The molecule has 16 heavy (non-hydrogen) atoms. The van der Waals surface area contributed by atoms with E-state index in [0.717, 1.165) is 0 Å². The van der Waals surface area contributed by atoms with Crippen LogP contribution < -0.4 is 11.1 Å². The summed E-state index contributed by atoms with van der Waals surface area (Å²) in [5, 5.41) is 9.34. The van der Waals surface area contributed by atoms with E-state index in [-0.39, 0.29) is 11.9 Å². The van der Waals surface area contributed by atoms with Gasteiger partial charge in [0.25, 0.3) is 0 Å². The minimum atomic E-state index is -0.520. The summed E-state index contributed by atoms with van der Waals surface area (Å²) < 4.78 is 0. The number of hydrogen-bond donors (Lipinski definition) is 3. The molecule has 0 aromatic carbocycles. The molecule has 90 valence electrons. The van der Waals surface area contributed by atoms with Gasteiger partial charge >= 0.3 is 0 Å². The first kappa shape index (κ1) is 12.6. The average molecular weight is 225 g/mol. The van der Waals surface area contributed by atoms with Crippen molar-refractivity contribution >= 4 is 5.91 Å². The van der Waals surface area contributed by atoms with Gasteiger partial charge in [0.2, 0.25) is 5.91 Å². The van der Waals surface area contributed by atoms with Gasteiger partial charge in [0.15, 0.2) is 0 Å². The van der Waals surface area contributed by atoms with E-state index in [4.69, 9.17) is 5.73 Å². The van der Waals surface area contributed by atoms with Crippen LogP contribution in [-0.4, -0.2) is 27.6 Å². The van der Waals surface area contributed by atoms with Crippen LogP contribution in [0.25, 0.3) is 0 Å². The standard InChI is InChI=1S/C10H19N5O/c1-4-10(3,5-11)9(16)14-7(2)8-12-6-13-15-8/h6-7H,4-5,11H2,1-3H3,(H,14,16)(H,12,13,15). The summed E-state index contributed by atoms with van der Waals surface area (Å²) in [4.78, 5) is 16.0. The second-order valence-electron chi connectivity index (χ2n) is 4.18. The lowest BCUT2D eigenvalue weighted by molar-refractivity contribution is -0.130. The molecule has 0 bridgehead atoms. The molecule has 1 amide bonds. The van der Waals surface area contributed by atoms with Crippen molar-refractivity contribution in [3.05, 3.63) is 12.2 Å². The highest BCUT2D eigenvalue weighted by Crippen LogP contribution is 2.20. The Morgan fingerprint density at radius 1 is 1.75 bits per heavy atom. The topological polar surface area (TPSA) is 96.7 Å². The summed E-state index contributed by atoms with van der Waals surface area (Å²) in [6.07, 6.45) is 2.12. The zero-order chi connectivity index (χ0) is 12.2. The van der Waals surface area contributed by atoms with Crippen LogP contribution >= 0.6 is 0 Å². The number of nitrogens with zero attached hydrogens (tertiary/aromatic N) is 2. The van der Waals surface area contributed by atoms with Gasteiger partial charge in [0.05, 0.1) is 11.5 Å². The van der Waals surface area contributed by atoms with Gasteiger partial charge in [-0.3, -0.25) is 9.89 Å². The number of hydrogen-bond acceptors (Lipinski definition) is 4. The molecule has 1 rings (SSSR count). The van der Waals surface area contributed by atoms with Crippen LogP contribution in [0.4, 0.5) is 0 Å². The maximum atomic E-state index is 12.0. The summed E-state index contributed by atoms with van der Waals surface area (Å²) >= 11 is 0. The number of rotatable bonds is 5. The molecule has 0 spiro atoms. The van der Waals surface area contributed by atoms with Crippen molar-refractivity contribution in [3.63, 3.8) is 0 Å². The first-order valence-electron chi connectivity index (χ1n) is 5.39. The zero-order valence-electron chi connectivity index (χ0n) is 9.95. The molecule has 0 saturated carbocycles. The summed E-state index contributed by atoms with van der Waals surface area (Å²) in [6.45, 7) is 5.99. The molecule has 0 saturated heterocycles. The number of amides is 1. The van der Waals surface area contributed by atoms with Crippen molar-refractivity contribution in [2.75, 3.05) is 6.54 Å². The number of carbonyl (C=O) groups excluding carboxylic acids is 1. The van der Waals surface area contributed by atoms with Crippen LogP contribution in [-0.2, 0) is 4.79 Å². The molecule has 0 aliphatic carbocycles. The number of aromatic nitrogens is 3. The van der Waals surface area contributed by atoms with Gasteiger partial charge in [-0.1, -0.05) is 6.92 Å². The first-order chi connectivity index (χ1) is 7.53. The Labute approximate surface area is 95.0 Å². The van der Waals surface area contributed by atoms with E-state index in [9.17, 15) is 4.79 Å². The highest BCUT2D eigenvalue weighted by Gasteiger charge is 2.30. The van der Waals surface area contributed by atoms with Crippen molar-refractivity contribution in [1.82, 2.24) is 20.5 Å². The molecular formula is C10H19N5O. The highest BCUT2D eigenvalue weighted by molar-refractivity contribution is 5.82. The number of carbonyl (C=O) groups is 1. The lowest BCUT2D eigenvalue weighted by Crippen LogP contribution is -2.44. The third-order valence-electron chi connectivity index (χ3n) is 2.97. The van der Waals surface area contributed by atoms with Crippen LogP contribution in [0.2, 0.25) is 0 Å². The van der Waals surface area contributed by atoms with Crippen molar-refractivity contribution in [3.8, 4) is 0 Å². The molecule has 4 N–H and O–H groups in total. The number of nitrogens with two attached hydrogens (primary N) is 1. The Morgan fingerprint density at radius 3 is 2.88 bits per heavy atom. The van der Waals surface area contributed by atoms with Crippen LogP contribution in [0.15, 0.2) is 6.33 Å². The Morgan fingerprint density at radius 2 is 2.44 bits per heavy atom. The van der Waals surface area contributed by atoms with Crippen molar-refractivity contribution < 1.29 is 4.79 Å². The summed E-state index contributed by atoms with van der Waals surface area (Å²) in [6, 6.07) is -0.188. The Kier molecular flexibility index (Phi) is 4.00. The first-order valence-corrected chi connectivity index (χ1v) is 5.39. The van der Waals surface area contributed by atoms with E-state index in [1.165, 1.54) is 6.33 Å². The maximum Gasteiger partial charge on any atom is 0.227 e. The van der Waals surface area contributed by atoms with Gasteiger partial charge in [0, 0.05) is 6.54 Å². The maximum absolute atomic E-state index is 12.0. The van der Waals surface area contributed by atoms with Gasteiger partial charge < -0.3 is 11.1 Å². The van der Waals surface area contributed by atoms with Crippen molar-refractivity contribution in [2.45, 2.75) is 33.2 Å². The molecule has 0 radical (unpaired) electrons. The van der Waals surface area contributed by atoms with Gasteiger partial charge in [-0.2, -0.15) is 5.10 Å². The van der Waals surface area contributed by atoms with E-state index >= 15 is 0 Å². The molecule has 6 nitrogen and oxygen atoms in total. The number of H-pyrrole nitrogens is 1. The van der Waals surface area contributed by atoms with E-state index in [2.05, 4.69) is 20.5 Å². The zero-order valence-corrected chi connectivity index (χ0v) is 9.95. The summed E-state index contributed by atoms with van der Waals surface area (Å²) in [5.41, 5.74) is 5.10. The monoisotopic (exact) mass is 225 g/mol. The quantitative estimate of drug-likeness (QED) is 0.674. The minimum Gasteiger partial charge on any atom is -0.346 e. The largest absolute Gasteiger partial charge is 0.346 e. The molecule has 1 aromatic rings. The van der Waals surface area contributed by atoms with E-state index in [0.29, 0.717) is 18.8 Å². The molecular weight excluding hydrogens is 206 g/mol. The third kappa shape index (κ3) is 2.57. The second-order valence-corrected chi connectivity index (χ2v) is 4.18. The van der Waals surface area contributed by atoms with E-state index < -0.39 is 5.41 Å². The molecule has 2 unspecified atom stereocenters. The van der Waals surface area contributed by atoms with Crippen molar-refractivity contribution in [2.24, 2.45) is 11.1 Å². The Bertz CT molecular complexity index is 331. The Balaban J connectivity index is 2.64. The van der Waals surface area contributed by atoms with Crippen LogP contribution in [0.3, 0.4) is 0 Å². The smallest absolute Gasteiger partial charge is 0.227 e. The highest BCUT2D eigenvalue weighted by atomic mass is 16.2.